The molecule has 0 bridgehead atoms. The van der Waals surface area contributed by atoms with Crippen molar-refractivity contribution in [2.24, 2.45) is 0 Å². The maximum absolute atomic E-state index is 12.8. The van der Waals surface area contributed by atoms with Crippen LogP contribution in [-0.2, 0) is 16.7 Å². The number of hydrogen-bond donors (Lipinski definition) is 0. The van der Waals surface area contributed by atoms with Crippen LogP contribution in [0.15, 0.2) is 48.7 Å². The van der Waals surface area contributed by atoms with Crippen molar-refractivity contribution < 1.29 is 22.7 Å². The summed E-state index contributed by atoms with van der Waals surface area (Å²) < 4.78 is 43.8. The molecule has 1 aliphatic heterocycles. The van der Waals surface area contributed by atoms with Crippen LogP contribution in [-0.4, -0.2) is 40.7 Å². The minimum atomic E-state index is -4.44. The molecular weight excluding hydrogens is 377 g/mol. The highest BCUT2D eigenvalue weighted by Gasteiger charge is 2.32. The van der Waals surface area contributed by atoms with Crippen LogP contribution in [0.2, 0.25) is 0 Å². The van der Waals surface area contributed by atoms with Crippen molar-refractivity contribution in [2.75, 3.05) is 18.8 Å². The zero-order valence-electron chi connectivity index (χ0n) is 14.5. The number of halogens is 3. The molecule has 4 nitrogen and oxygen atoms in total. The van der Waals surface area contributed by atoms with E-state index in [1.54, 1.807) is 16.7 Å². The van der Waals surface area contributed by atoms with Crippen LogP contribution in [0, 0.1) is 0 Å². The Kier molecular flexibility index (Phi) is 6.26. The number of carbonyl (C=O) groups excluding carboxylic acids is 1. The Morgan fingerprint density at radius 3 is 2.78 bits per heavy atom. The van der Waals surface area contributed by atoms with Crippen molar-refractivity contribution in [3.63, 3.8) is 0 Å². The molecule has 1 fully saturated rings. The largest absolute Gasteiger partial charge is 0.472 e. The van der Waals surface area contributed by atoms with Crippen molar-refractivity contribution in [1.82, 2.24) is 9.88 Å². The molecule has 1 aromatic carbocycles. The fourth-order valence-electron chi connectivity index (χ4n) is 2.79. The number of carbonyl (C=O) groups is 1. The van der Waals surface area contributed by atoms with Crippen molar-refractivity contribution >= 4 is 17.7 Å². The van der Waals surface area contributed by atoms with Crippen LogP contribution < -0.4 is 4.74 Å². The van der Waals surface area contributed by atoms with E-state index in [9.17, 15) is 18.0 Å². The molecule has 1 amide bonds. The predicted molar refractivity (Wildman–Crippen MR) is 97.5 cm³/mol. The number of ether oxygens (including phenoxy) is 1. The average Bonchev–Trinajstić information content (AvgIpc) is 3.11. The Bertz CT molecular complexity index is 771. The van der Waals surface area contributed by atoms with Gasteiger partial charge in [-0.25, -0.2) is 4.98 Å². The van der Waals surface area contributed by atoms with Gasteiger partial charge in [-0.15, -0.1) is 11.8 Å². The second-order valence-corrected chi connectivity index (χ2v) is 7.21. The Hall–Kier alpha value is -2.22. The van der Waals surface area contributed by atoms with E-state index < -0.39 is 11.7 Å². The maximum atomic E-state index is 12.8. The van der Waals surface area contributed by atoms with Crippen LogP contribution in [0.4, 0.5) is 13.2 Å². The summed E-state index contributed by atoms with van der Waals surface area (Å²) in [7, 11) is 0. The van der Waals surface area contributed by atoms with Crippen LogP contribution in [0.3, 0.4) is 0 Å². The van der Waals surface area contributed by atoms with Gasteiger partial charge in [0.15, 0.2) is 0 Å². The third-order valence-corrected chi connectivity index (χ3v) is 5.17. The number of aromatic nitrogens is 1. The van der Waals surface area contributed by atoms with Gasteiger partial charge in [-0.3, -0.25) is 4.79 Å². The van der Waals surface area contributed by atoms with E-state index in [1.807, 2.05) is 30.3 Å². The average molecular weight is 396 g/mol. The normalized spacial score (nSPS) is 17.1. The first-order valence-corrected chi connectivity index (χ1v) is 9.66. The number of nitrogens with zero attached hydrogens (tertiary/aromatic N) is 2. The lowest BCUT2D eigenvalue weighted by Crippen LogP contribution is -2.32. The number of pyridine rings is 1. The van der Waals surface area contributed by atoms with Gasteiger partial charge < -0.3 is 9.64 Å². The number of rotatable bonds is 6. The standard InChI is InChI=1S/C19H19F3N2O2S/c20-19(21,22)15-6-8-23-17(10-15)26-16-7-9-24(11-16)18(25)13-27-12-14-4-2-1-3-5-14/h1-6,8,10,16H,7,9,11-13H2. The fourth-order valence-corrected chi connectivity index (χ4v) is 3.68. The van der Waals surface area contributed by atoms with Gasteiger partial charge in [0.2, 0.25) is 11.8 Å². The van der Waals surface area contributed by atoms with E-state index in [-0.39, 0.29) is 17.9 Å². The van der Waals surface area contributed by atoms with Crippen molar-refractivity contribution in [3.8, 4) is 5.88 Å². The highest BCUT2D eigenvalue weighted by molar-refractivity contribution is 7.99. The number of likely N-dealkylation sites (tertiary alicyclic amines) is 1. The van der Waals surface area contributed by atoms with Gasteiger partial charge in [-0.2, -0.15) is 13.2 Å². The maximum Gasteiger partial charge on any atom is 0.416 e. The van der Waals surface area contributed by atoms with Gasteiger partial charge in [-0.1, -0.05) is 30.3 Å². The molecule has 2 heterocycles. The Balaban J connectivity index is 1.46. The molecule has 2 aromatic rings. The third kappa shape index (κ3) is 5.63. The zero-order chi connectivity index (χ0) is 19.3. The van der Waals surface area contributed by atoms with E-state index in [0.29, 0.717) is 25.3 Å². The van der Waals surface area contributed by atoms with Gasteiger partial charge in [-0.05, 0) is 11.6 Å². The topological polar surface area (TPSA) is 42.4 Å². The summed E-state index contributed by atoms with van der Waals surface area (Å²) in [5.41, 5.74) is 0.365. The van der Waals surface area contributed by atoms with Gasteiger partial charge in [0.05, 0.1) is 17.9 Å². The summed E-state index contributed by atoms with van der Waals surface area (Å²) in [4.78, 5) is 17.8. The summed E-state index contributed by atoms with van der Waals surface area (Å²) in [5.74, 6) is 1.07. The minimum absolute atomic E-state index is 0.0130. The summed E-state index contributed by atoms with van der Waals surface area (Å²) in [6.45, 7) is 0.900. The molecule has 0 saturated carbocycles. The van der Waals surface area contributed by atoms with Crippen molar-refractivity contribution in [3.05, 3.63) is 59.8 Å². The molecule has 1 saturated heterocycles. The second-order valence-electron chi connectivity index (χ2n) is 6.23. The van der Waals surface area contributed by atoms with Crippen molar-refractivity contribution in [2.45, 2.75) is 24.5 Å². The molecule has 0 spiro atoms. The smallest absolute Gasteiger partial charge is 0.416 e. The number of alkyl halides is 3. The first-order valence-electron chi connectivity index (χ1n) is 8.51. The fraction of sp³-hybridized carbons (Fsp3) is 0.368. The molecule has 0 N–H and O–H groups in total. The SMILES string of the molecule is O=C(CSCc1ccccc1)N1CCC(Oc2cc(C(F)(F)F)ccn2)C1. The number of amides is 1. The van der Waals surface area contributed by atoms with Crippen molar-refractivity contribution in [1.29, 1.82) is 0 Å². The molecule has 0 radical (unpaired) electrons. The monoisotopic (exact) mass is 396 g/mol. The Morgan fingerprint density at radius 1 is 1.26 bits per heavy atom. The Morgan fingerprint density at radius 2 is 2.04 bits per heavy atom. The van der Waals surface area contributed by atoms with E-state index in [1.165, 1.54) is 0 Å². The van der Waals surface area contributed by atoms with Crippen LogP contribution in [0.1, 0.15) is 17.5 Å². The highest BCUT2D eigenvalue weighted by atomic mass is 32.2. The van der Waals surface area contributed by atoms with Crippen LogP contribution >= 0.6 is 11.8 Å². The first-order chi connectivity index (χ1) is 12.9. The molecule has 0 aliphatic carbocycles. The molecule has 1 aliphatic rings. The van der Waals surface area contributed by atoms with Gasteiger partial charge >= 0.3 is 6.18 Å². The molecule has 1 aromatic heterocycles. The Labute approximate surface area is 159 Å². The van der Waals surface area contributed by atoms with E-state index in [4.69, 9.17) is 4.74 Å². The quantitative estimate of drug-likeness (QED) is 0.740. The lowest BCUT2D eigenvalue weighted by atomic mass is 10.2. The summed E-state index contributed by atoms with van der Waals surface area (Å²) in [6, 6.07) is 11.7. The third-order valence-electron chi connectivity index (χ3n) is 4.18. The van der Waals surface area contributed by atoms with E-state index in [2.05, 4.69) is 4.98 Å². The molecule has 1 atom stereocenters. The summed E-state index contributed by atoms with van der Waals surface area (Å²) >= 11 is 1.54. The number of benzene rings is 1. The van der Waals surface area contributed by atoms with Gasteiger partial charge in [0, 0.05) is 31.0 Å². The molecule has 3 rings (SSSR count). The zero-order valence-corrected chi connectivity index (χ0v) is 15.3. The minimum Gasteiger partial charge on any atom is -0.472 e. The summed E-state index contributed by atoms with van der Waals surface area (Å²) in [5, 5.41) is 0. The molecule has 8 heteroatoms. The van der Waals surface area contributed by atoms with Crippen LogP contribution in [0.25, 0.3) is 0 Å². The van der Waals surface area contributed by atoms with Gasteiger partial charge in [0.1, 0.15) is 6.10 Å². The first kappa shape index (κ1) is 19.5. The summed E-state index contributed by atoms with van der Waals surface area (Å²) in [6.07, 6.45) is -3.12. The van der Waals surface area contributed by atoms with E-state index >= 15 is 0 Å². The predicted octanol–water partition coefficient (Wildman–Crippen LogP) is 4.01. The molecular formula is C19H19F3N2O2S. The lowest BCUT2D eigenvalue weighted by molar-refractivity contribution is -0.137. The highest BCUT2D eigenvalue weighted by Crippen LogP contribution is 2.31. The second kappa shape index (κ2) is 8.65. The van der Waals surface area contributed by atoms with E-state index in [0.717, 1.165) is 29.6 Å². The van der Waals surface area contributed by atoms with Gasteiger partial charge in [0.25, 0.3) is 0 Å². The molecule has 144 valence electrons. The number of thioether (sulfide) groups is 1. The number of hydrogen-bond acceptors (Lipinski definition) is 4. The molecule has 27 heavy (non-hydrogen) atoms. The lowest BCUT2D eigenvalue weighted by Gasteiger charge is -2.17. The van der Waals surface area contributed by atoms with Crippen LogP contribution in [0.5, 0.6) is 5.88 Å². The molecule has 1 unspecified atom stereocenters.